The molecule has 0 atom stereocenters. The number of hydrogen-bond donors (Lipinski definition) is 1. The van der Waals surface area contributed by atoms with Crippen molar-refractivity contribution in [3.8, 4) is 0 Å². The molecule has 0 aliphatic heterocycles. The highest BCUT2D eigenvalue weighted by atomic mass is 32.1. The normalized spacial score (nSPS) is 10.4. The smallest absolute Gasteiger partial charge is 0.275 e. The molecule has 0 spiro atoms. The van der Waals surface area contributed by atoms with Crippen molar-refractivity contribution in [2.75, 3.05) is 5.32 Å². The van der Waals surface area contributed by atoms with Gasteiger partial charge in [-0.1, -0.05) is 25.1 Å². The number of aromatic nitrogens is 1. The van der Waals surface area contributed by atoms with Gasteiger partial charge in [0, 0.05) is 10.6 Å². The van der Waals surface area contributed by atoms with E-state index in [0.717, 1.165) is 27.6 Å². The van der Waals surface area contributed by atoms with Crippen LogP contribution in [0.1, 0.15) is 32.9 Å². The van der Waals surface area contributed by atoms with E-state index in [1.807, 2.05) is 38.1 Å². The number of rotatable bonds is 3. The van der Waals surface area contributed by atoms with Crippen molar-refractivity contribution in [2.24, 2.45) is 0 Å². The highest BCUT2D eigenvalue weighted by Crippen LogP contribution is 2.20. The zero-order chi connectivity index (χ0) is 13.1. The molecule has 0 radical (unpaired) electrons. The van der Waals surface area contributed by atoms with Gasteiger partial charge in [-0.3, -0.25) is 4.79 Å². The van der Waals surface area contributed by atoms with Crippen LogP contribution in [-0.2, 0) is 6.42 Å². The average molecular weight is 260 g/mol. The quantitative estimate of drug-likeness (QED) is 0.916. The fourth-order valence-corrected chi connectivity index (χ4v) is 2.69. The number of hydrogen-bond acceptors (Lipinski definition) is 3. The summed E-state index contributed by atoms with van der Waals surface area (Å²) in [5.74, 6) is -0.127. The molecule has 94 valence electrons. The third-order valence-electron chi connectivity index (χ3n) is 2.77. The molecule has 0 unspecified atom stereocenters. The van der Waals surface area contributed by atoms with Gasteiger partial charge in [-0.25, -0.2) is 4.98 Å². The summed E-state index contributed by atoms with van der Waals surface area (Å²) in [6.07, 6.45) is 0.894. The van der Waals surface area contributed by atoms with Crippen LogP contribution in [0, 0.1) is 13.8 Å². The third kappa shape index (κ3) is 2.59. The third-order valence-corrected chi connectivity index (χ3v) is 3.65. The van der Waals surface area contributed by atoms with E-state index in [4.69, 9.17) is 0 Å². The largest absolute Gasteiger partial charge is 0.320 e. The number of aryl methyl sites for hydroxylation is 3. The highest BCUT2D eigenvalue weighted by molar-refractivity contribution is 7.11. The molecule has 0 fully saturated rings. The maximum absolute atomic E-state index is 12.1. The molecule has 0 bridgehead atoms. The van der Waals surface area contributed by atoms with Crippen LogP contribution in [-0.4, -0.2) is 10.9 Å². The van der Waals surface area contributed by atoms with E-state index >= 15 is 0 Å². The minimum absolute atomic E-state index is 0.127. The fraction of sp³-hybridized carbons (Fsp3) is 0.286. The molecule has 0 saturated heterocycles. The van der Waals surface area contributed by atoms with Crippen LogP contribution >= 0.6 is 11.3 Å². The first-order valence-corrected chi connectivity index (χ1v) is 6.76. The second-order valence-corrected chi connectivity index (χ2v) is 5.51. The molecule has 4 heteroatoms. The first-order valence-electron chi connectivity index (χ1n) is 5.95. The molecule has 18 heavy (non-hydrogen) atoms. The van der Waals surface area contributed by atoms with Crippen LogP contribution in [0.25, 0.3) is 0 Å². The summed E-state index contributed by atoms with van der Waals surface area (Å²) in [6, 6.07) is 7.85. The maximum Gasteiger partial charge on any atom is 0.275 e. The SMILES string of the molecule is CCc1ccccc1NC(=O)c1nc(C)sc1C. The van der Waals surface area contributed by atoms with Gasteiger partial charge in [-0.15, -0.1) is 11.3 Å². The molecular formula is C14H16N2OS. The summed E-state index contributed by atoms with van der Waals surface area (Å²) in [5.41, 5.74) is 2.54. The molecule has 1 amide bonds. The van der Waals surface area contributed by atoms with Gasteiger partial charge in [-0.2, -0.15) is 0 Å². The van der Waals surface area contributed by atoms with Gasteiger partial charge in [0.15, 0.2) is 0 Å². The summed E-state index contributed by atoms with van der Waals surface area (Å²) in [5, 5.41) is 3.86. The molecule has 0 aliphatic carbocycles. The molecule has 0 aliphatic rings. The van der Waals surface area contributed by atoms with Crippen molar-refractivity contribution in [1.29, 1.82) is 0 Å². The molecule has 1 aromatic heterocycles. The van der Waals surface area contributed by atoms with Crippen LogP contribution < -0.4 is 5.32 Å². The van der Waals surface area contributed by atoms with Crippen LogP contribution in [0.15, 0.2) is 24.3 Å². The van der Waals surface area contributed by atoms with E-state index in [-0.39, 0.29) is 5.91 Å². The van der Waals surface area contributed by atoms with Crippen molar-refractivity contribution in [3.05, 3.63) is 45.4 Å². The summed E-state index contributed by atoms with van der Waals surface area (Å²) < 4.78 is 0. The number of para-hydroxylation sites is 1. The maximum atomic E-state index is 12.1. The topological polar surface area (TPSA) is 42.0 Å². The monoisotopic (exact) mass is 260 g/mol. The molecule has 1 aromatic carbocycles. The van der Waals surface area contributed by atoms with E-state index in [9.17, 15) is 4.79 Å². The molecule has 1 heterocycles. The van der Waals surface area contributed by atoms with Crippen LogP contribution in [0.5, 0.6) is 0 Å². The summed E-state index contributed by atoms with van der Waals surface area (Å²) in [7, 11) is 0. The Morgan fingerprint density at radius 3 is 2.67 bits per heavy atom. The number of benzene rings is 1. The van der Waals surface area contributed by atoms with E-state index in [1.54, 1.807) is 11.3 Å². The Balaban J connectivity index is 2.24. The standard InChI is InChI=1S/C14H16N2OS/c1-4-11-7-5-6-8-12(11)16-14(17)13-9(2)18-10(3)15-13/h5-8H,4H2,1-3H3,(H,16,17). The average Bonchev–Trinajstić information content (AvgIpc) is 2.69. The van der Waals surface area contributed by atoms with Crippen molar-refractivity contribution in [1.82, 2.24) is 4.98 Å². The molecule has 2 aromatic rings. The van der Waals surface area contributed by atoms with Crippen LogP contribution in [0.3, 0.4) is 0 Å². The van der Waals surface area contributed by atoms with Gasteiger partial charge >= 0.3 is 0 Å². The van der Waals surface area contributed by atoms with Gasteiger partial charge in [0.1, 0.15) is 5.69 Å². The molecular weight excluding hydrogens is 244 g/mol. The van der Waals surface area contributed by atoms with E-state index in [0.29, 0.717) is 5.69 Å². The van der Waals surface area contributed by atoms with Crippen LogP contribution in [0.2, 0.25) is 0 Å². The molecule has 1 N–H and O–H groups in total. The summed E-state index contributed by atoms with van der Waals surface area (Å²) >= 11 is 1.55. The van der Waals surface area contributed by atoms with Gasteiger partial charge in [0.05, 0.1) is 5.01 Å². The fourth-order valence-electron chi connectivity index (χ4n) is 1.87. The Morgan fingerprint density at radius 2 is 2.06 bits per heavy atom. The van der Waals surface area contributed by atoms with Crippen molar-refractivity contribution < 1.29 is 4.79 Å². The number of carbonyl (C=O) groups is 1. The Hall–Kier alpha value is -1.68. The lowest BCUT2D eigenvalue weighted by molar-refractivity contribution is 0.102. The first-order chi connectivity index (χ1) is 8.61. The predicted molar refractivity (Wildman–Crippen MR) is 75.4 cm³/mol. The molecule has 2 rings (SSSR count). The van der Waals surface area contributed by atoms with E-state index < -0.39 is 0 Å². The van der Waals surface area contributed by atoms with Crippen molar-refractivity contribution in [2.45, 2.75) is 27.2 Å². The zero-order valence-electron chi connectivity index (χ0n) is 10.8. The Bertz CT molecular complexity index is 575. The summed E-state index contributed by atoms with van der Waals surface area (Å²) in [4.78, 5) is 17.4. The second-order valence-electron chi connectivity index (χ2n) is 4.10. The number of nitrogens with one attached hydrogen (secondary N) is 1. The lowest BCUT2D eigenvalue weighted by atomic mass is 10.1. The number of anilines is 1. The minimum Gasteiger partial charge on any atom is -0.320 e. The lowest BCUT2D eigenvalue weighted by Crippen LogP contribution is -2.14. The van der Waals surface area contributed by atoms with Crippen LogP contribution in [0.4, 0.5) is 5.69 Å². The Labute approximate surface area is 111 Å². The minimum atomic E-state index is -0.127. The first kappa shape index (κ1) is 12.8. The van der Waals surface area contributed by atoms with Gasteiger partial charge in [0.2, 0.25) is 0 Å². The Kier molecular flexibility index (Phi) is 3.77. The van der Waals surface area contributed by atoms with E-state index in [2.05, 4.69) is 17.2 Å². The molecule has 3 nitrogen and oxygen atoms in total. The van der Waals surface area contributed by atoms with Crippen molar-refractivity contribution >= 4 is 22.9 Å². The Morgan fingerprint density at radius 1 is 1.33 bits per heavy atom. The second kappa shape index (κ2) is 5.31. The molecule has 0 saturated carbocycles. The highest BCUT2D eigenvalue weighted by Gasteiger charge is 2.14. The van der Waals surface area contributed by atoms with Crippen molar-refractivity contribution in [3.63, 3.8) is 0 Å². The number of carbonyl (C=O) groups excluding carboxylic acids is 1. The zero-order valence-corrected chi connectivity index (χ0v) is 11.6. The van der Waals surface area contributed by atoms with Gasteiger partial charge < -0.3 is 5.32 Å². The lowest BCUT2D eigenvalue weighted by Gasteiger charge is -2.08. The number of amides is 1. The van der Waals surface area contributed by atoms with Gasteiger partial charge in [0.25, 0.3) is 5.91 Å². The number of nitrogens with zero attached hydrogens (tertiary/aromatic N) is 1. The van der Waals surface area contributed by atoms with E-state index in [1.165, 1.54) is 0 Å². The number of thiazole rings is 1. The predicted octanol–water partition coefficient (Wildman–Crippen LogP) is 3.57. The summed E-state index contributed by atoms with van der Waals surface area (Å²) in [6.45, 7) is 5.91. The van der Waals surface area contributed by atoms with Gasteiger partial charge in [-0.05, 0) is 31.9 Å².